The third-order valence-electron chi connectivity index (χ3n) is 4.76. The monoisotopic (exact) mass is 312 g/mol. The van der Waals surface area contributed by atoms with Crippen molar-refractivity contribution in [2.75, 3.05) is 19.6 Å². The zero-order valence-corrected chi connectivity index (χ0v) is 13.0. The third kappa shape index (κ3) is 2.39. The second-order valence-electron chi connectivity index (χ2n) is 6.36. The Labute approximate surface area is 134 Å². The van der Waals surface area contributed by atoms with Crippen LogP contribution in [0, 0.1) is 6.92 Å². The summed E-state index contributed by atoms with van der Waals surface area (Å²) in [6.07, 6.45) is 6.06. The molecule has 2 atom stereocenters. The van der Waals surface area contributed by atoms with Crippen LogP contribution in [0.15, 0.2) is 30.2 Å². The van der Waals surface area contributed by atoms with Gasteiger partial charge in [0.15, 0.2) is 0 Å². The molecule has 2 unspecified atom stereocenters. The number of amides is 1. The zero-order chi connectivity index (χ0) is 16.0. The first-order valence-electron chi connectivity index (χ1n) is 7.99. The van der Waals surface area contributed by atoms with E-state index >= 15 is 0 Å². The van der Waals surface area contributed by atoms with Crippen LogP contribution >= 0.6 is 0 Å². The average Bonchev–Trinajstić information content (AvgIpc) is 3.25. The van der Waals surface area contributed by atoms with Crippen LogP contribution in [0.3, 0.4) is 0 Å². The lowest BCUT2D eigenvalue weighted by atomic mass is 9.94. The van der Waals surface area contributed by atoms with Gasteiger partial charge in [0.25, 0.3) is 5.91 Å². The van der Waals surface area contributed by atoms with Crippen molar-refractivity contribution in [1.29, 1.82) is 0 Å². The number of hydrogen-bond acceptors (Lipinski definition) is 4. The fourth-order valence-electron chi connectivity index (χ4n) is 3.59. The van der Waals surface area contributed by atoms with Crippen molar-refractivity contribution in [3.8, 4) is 0 Å². The molecule has 4 rings (SSSR count). The fraction of sp³-hybridized carbons (Fsp3) is 0.412. The minimum atomic E-state index is -0.390. The number of carbonyl (C=O) groups is 1. The molecule has 0 aliphatic carbocycles. The van der Waals surface area contributed by atoms with Crippen molar-refractivity contribution in [3.05, 3.63) is 41.4 Å². The van der Waals surface area contributed by atoms with Gasteiger partial charge in [-0.05, 0) is 36.6 Å². The van der Waals surface area contributed by atoms with E-state index in [0.717, 1.165) is 16.6 Å². The first-order chi connectivity index (χ1) is 11.1. The van der Waals surface area contributed by atoms with Crippen LogP contribution in [0.5, 0.6) is 0 Å². The van der Waals surface area contributed by atoms with E-state index in [-0.39, 0.29) is 11.8 Å². The number of pyridine rings is 1. The molecule has 0 radical (unpaired) electrons. The fourth-order valence-corrected chi connectivity index (χ4v) is 3.59. The highest BCUT2D eigenvalue weighted by Crippen LogP contribution is 2.31. The number of fused-ring (bicyclic) bond motifs is 1. The van der Waals surface area contributed by atoms with Crippen LogP contribution < -0.4 is 5.32 Å². The summed E-state index contributed by atoms with van der Waals surface area (Å²) in [6, 6.07) is 2.04. The maximum absolute atomic E-state index is 12.5. The van der Waals surface area contributed by atoms with Gasteiger partial charge in [-0.15, -0.1) is 0 Å². The van der Waals surface area contributed by atoms with Crippen molar-refractivity contribution in [1.82, 2.24) is 20.2 Å². The van der Waals surface area contributed by atoms with E-state index in [9.17, 15) is 9.90 Å². The number of nitrogens with one attached hydrogen (secondary N) is 2. The number of hydrogen-bond donors (Lipinski definition) is 3. The minimum absolute atomic E-state index is 0.0129. The third-order valence-corrected chi connectivity index (χ3v) is 4.76. The number of likely N-dealkylation sites (tertiary alicyclic amines) is 1. The summed E-state index contributed by atoms with van der Waals surface area (Å²) >= 11 is 0. The van der Waals surface area contributed by atoms with E-state index in [4.69, 9.17) is 0 Å². The minimum Gasteiger partial charge on any atom is -0.391 e. The number of aliphatic hydroxyl groups excluding tert-OH is 1. The van der Waals surface area contributed by atoms with Gasteiger partial charge >= 0.3 is 0 Å². The van der Waals surface area contributed by atoms with Gasteiger partial charge in [0, 0.05) is 43.3 Å². The standard InChI is InChI=1S/C17H20N4O2/c1-10-7-20-16-13(2-4-18-16)15(10)11-6-14(19-8-11)17(23)21-5-3-12(22)9-21/h2,4,6-7,11-12,19,22H,3,5,8-9H2,1H3,(H,18,20). The van der Waals surface area contributed by atoms with Crippen LogP contribution in [0.4, 0.5) is 0 Å². The maximum Gasteiger partial charge on any atom is 0.269 e. The number of nitrogens with zero attached hydrogens (tertiary/aromatic N) is 2. The van der Waals surface area contributed by atoms with Gasteiger partial charge in [0.05, 0.1) is 11.8 Å². The van der Waals surface area contributed by atoms with Gasteiger partial charge in [-0.25, -0.2) is 4.98 Å². The number of β-amino-alcohol motifs (C(OH)–C–C–N with tert-alkyl or cyclic N) is 1. The first kappa shape index (κ1) is 14.3. The number of aliphatic hydroxyl groups is 1. The predicted octanol–water partition coefficient (Wildman–Crippen LogP) is 1.04. The quantitative estimate of drug-likeness (QED) is 0.774. The van der Waals surface area contributed by atoms with Crippen LogP contribution in [0.25, 0.3) is 11.0 Å². The van der Waals surface area contributed by atoms with E-state index in [0.29, 0.717) is 31.8 Å². The molecule has 0 aromatic carbocycles. The number of H-pyrrole nitrogens is 1. The summed E-state index contributed by atoms with van der Waals surface area (Å²) in [7, 11) is 0. The molecule has 1 fully saturated rings. The Morgan fingerprint density at radius 3 is 3.13 bits per heavy atom. The van der Waals surface area contributed by atoms with Crippen LogP contribution in [0.2, 0.25) is 0 Å². The molecule has 0 saturated carbocycles. The lowest BCUT2D eigenvalue weighted by molar-refractivity contribution is -0.126. The molecule has 0 bridgehead atoms. The van der Waals surface area contributed by atoms with E-state index in [1.165, 1.54) is 5.56 Å². The molecule has 6 nitrogen and oxygen atoms in total. The highest BCUT2D eigenvalue weighted by atomic mass is 16.3. The molecule has 1 amide bonds. The predicted molar refractivity (Wildman–Crippen MR) is 86.9 cm³/mol. The summed E-state index contributed by atoms with van der Waals surface area (Å²) < 4.78 is 0. The number of aromatic nitrogens is 2. The first-order valence-corrected chi connectivity index (χ1v) is 7.99. The molecule has 3 N–H and O–H groups in total. The number of aryl methyl sites for hydroxylation is 1. The Balaban J connectivity index is 1.64. The van der Waals surface area contributed by atoms with Gasteiger partial charge in [-0.3, -0.25) is 4.79 Å². The van der Waals surface area contributed by atoms with Crippen molar-refractivity contribution in [3.63, 3.8) is 0 Å². The Hall–Kier alpha value is -2.34. The molecule has 2 aliphatic rings. The van der Waals surface area contributed by atoms with E-state index in [1.54, 1.807) is 4.90 Å². The number of carbonyl (C=O) groups excluding carboxylic acids is 1. The van der Waals surface area contributed by atoms with Gasteiger partial charge in [0.2, 0.25) is 0 Å². The second-order valence-corrected chi connectivity index (χ2v) is 6.36. The summed E-state index contributed by atoms with van der Waals surface area (Å²) in [5.74, 6) is 0.142. The van der Waals surface area contributed by atoms with Gasteiger partial charge in [-0.1, -0.05) is 0 Å². The molecular formula is C17H20N4O2. The lowest BCUT2D eigenvalue weighted by Gasteiger charge is -2.16. The summed E-state index contributed by atoms with van der Waals surface area (Å²) in [6.45, 7) is 3.82. The van der Waals surface area contributed by atoms with E-state index in [1.807, 2.05) is 24.5 Å². The maximum atomic E-state index is 12.5. The summed E-state index contributed by atoms with van der Waals surface area (Å²) in [5.41, 5.74) is 3.86. The molecule has 2 aromatic rings. The summed E-state index contributed by atoms with van der Waals surface area (Å²) in [4.78, 5) is 21.8. The zero-order valence-electron chi connectivity index (χ0n) is 13.0. The Bertz CT molecular complexity index is 795. The van der Waals surface area contributed by atoms with Crippen LogP contribution in [-0.4, -0.2) is 51.6 Å². The Kier molecular flexibility index (Phi) is 3.34. The molecule has 2 aliphatic heterocycles. The largest absolute Gasteiger partial charge is 0.391 e. The number of aromatic amines is 1. The molecular weight excluding hydrogens is 292 g/mol. The van der Waals surface area contributed by atoms with E-state index < -0.39 is 6.10 Å². The van der Waals surface area contributed by atoms with Gasteiger partial charge in [0.1, 0.15) is 5.65 Å². The van der Waals surface area contributed by atoms with Crippen molar-refractivity contribution in [2.45, 2.75) is 25.4 Å². The SMILES string of the molecule is Cc1cnc2[nH]ccc2c1C1C=C(C(=O)N2CCC(O)C2)NC1. The lowest BCUT2D eigenvalue weighted by Crippen LogP contribution is -2.34. The average molecular weight is 312 g/mol. The molecule has 2 aromatic heterocycles. The van der Waals surface area contributed by atoms with Crippen LogP contribution in [0.1, 0.15) is 23.5 Å². The molecule has 4 heterocycles. The molecule has 120 valence electrons. The van der Waals surface area contributed by atoms with Crippen molar-refractivity contribution >= 4 is 16.9 Å². The molecule has 0 spiro atoms. The normalized spacial score (nSPS) is 24.1. The highest BCUT2D eigenvalue weighted by molar-refractivity contribution is 5.94. The van der Waals surface area contributed by atoms with Crippen molar-refractivity contribution < 1.29 is 9.90 Å². The Morgan fingerprint density at radius 2 is 2.35 bits per heavy atom. The topological polar surface area (TPSA) is 81.2 Å². The highest BCUT2D eigenvalue weighted by Gasteiger charge is 2.30. The second kappa shape index (κ2) is 5.38. The summed E-state index contributed by atoms with van der Waals surface area (Å²) in [5, 5.41) is 14.0. The van der Waals surface area contributed by atoms with Gasteiger partial charge < -0.3 is 20.3 Å². The molecule has 6 heteroatoms. The van der Waals surface area contributed by atoms with Gasteiger partial charge in [-0.2, -0.15) is 0 Å². The molecule has 1 saturated heterocycles. The smallest absolute Gasteiger partial charge is 0.269 e. The Morgan fingerprint density at radius 1 is 1.48 bits per heavy atom. The van der Waals surface area contributed by atoms with Crippen molar-refractivity contribution in [2.24, 2.45) is 0 Å². The van der Waals surface area contributed by atoms with Crippen LogP contribution in [-0.2, 0) is 4.79 Å². The van der Waals surface area contributed by atoms with E-state index in [2.05, 4.69) is 22.2 Å². The molecule has 23 heavy (non-hydrogen) atoms. The number of rotatable bonds is 2.